The first kappa shape index (κ1) is 28.5. The number of rotatable bonds is 7. The molecular formula is C28H22F3IN6O3. The number of nitrogens with zero attached hydrogens (tertiary/aromatic N) is 5. The number of alkyl halides is 2. The van der Waals surface area contributed by atoms with E-state index in [0.717, 1.165) is 17.2 Å². The van der Waals surface area contributed by atoms with Crippen LogP contribution in [0.25, 0.3) is 0 Å². The highest BCUT2D eigenvalue weighted by molar-refractivity contribution is 14.1. The zero-order valence-corrected chi connectivity index (χ0v) is 23.5. The van der Waals surface area contributed by atoms with Gasteiger partial charge < -0.3 is 5.32 Å². The molecule has 3 amide bonds. The maximum Gasteiger partial charge on any atom is 0.252 e. The normalized spacial score (nSPS) is 18.8. The molecule has 9 nitrogen and oxygen atoms in total. The predicted octanol–water partition coefficient (Wildman–Crippen LogP) is 4.28. The molecule has 3 heterocycles. The first-order valence-corrected chi connectivity index (χ1v) is 13.7. The fourth-order valence-electron chi connectivity index (χ4n) is 5.06. The van der Waals surface area contributed by atoms with Crippen LogP contribution < -0.4 is 15.1 Å². The molecule has 2 aromatic heterocycles. The molecule has 2 fully saturated rings. The summed E-state index contributed by atoms with van der Waals surface area (Å²) in [5.41, 5.74) is 0.530. The third-order valence-corrected chi connectivity index (χ3v) is 7.95. The Morgan fingerprint density at radius 1 is 1.20 bits per heavy atom. The van der Waals surface area contributed by atoms with Gasteiger partial charge in [-0.3, -0.25) is 29.2 Å². The lowest BCUT2D eigenvalue weighted by Gasteiger charge is -2.39. The second-order valence-electron chi connectivity index (χ2n) is 9.80. The van der Waals surface area contributed by atoms with Gasteiger partial charge in [-0.2, -0.15) is 5.26 Å². The van der Waals surface area contributed by atoms with Crippen LogP contribution in [0.2, 0.25) is 0 Å². The van der Waals surface area contributed by atoms with Crippen molar-refractivity contribution in [1.29, 1.82) is 5.26 Å². The van der Waals surface area contributed by atoms with Crippen LogP contribution >= 0.6 is 22.6 Å². The highest BCUT2D eigenvalue weighted by Gasteiger charge is 2.48. The van der Waals surface area contributed by atoms with E-state index < -0.39 is 60.4 Å². The highest BCUT2D eigenvalue weighted by Crippen LogP contribution is 2.39. The largest absolute Gasteiger partial charge is 0.351 e. The maximum absolute atomic E-state index is 14.5. The van der Waals surface area contributed by atoms with Crippen LogP contribution in [0.1, 0.15) is 42.9 Å². The van der Waals surface area contributed by atoms with E-state index >= 15 is 0 Å². The minimum Gasteiger partial charge on any atom is -0.351 e. The fourth-order valence-corrected chi connectivity index (χ4v) is 5.74. The number of halogens is 4. The minimum atomic E-state index is -2.90. The molecule has 1 saturated carbocycles. The molecule has 41 heavy (non-hydrogen) atoms. The summed E-state index contributed by atoms with van der Waals surface area (Å²) >= 11 is 1.99. The van der Waals surface area contributed by atoms with Gasteiger partial charge in [0.05, 0.1) is 29.7 Å². The number of anilines is 2. The lowest BCUT2D eigenvalue weighted by molar-refractivity contribution is -0.133. The van der Waals surface area contributed by atoms with Crippen LogP contribution in [0.4, 0.5) is 24.7 Å². The van der Waals surface area contributed by atoms with Crippen molar-refractivity contribution in [3.05, 3.63) is 81.6 Å². The summed E-state index contributed by atoms with van der Waals surface area (Å²) in [5, 5.41) is 11.9. The standard InChI is InChI=1S/C28H22F3IN6O3/c29-17-10-19(15-34-14-17)37(27(41)22-5-6-24(39)38(22)23-9-16(13-33)7-8-35-23)25(20-3-1-2-4-21(20)32)26(40)36-18-11-28(30,31)12-18/h1-4,7-10,14-15,18,22,25H,5-6,11-12H2,(H,36,40)/t22-,25-/m0/s1. The number of hydrogen-bond donors (Lipinski definition) is 1. The van der Waals surface area contributed by atoms with Gasteiger partial charge in [-0.1, -0.05) is 18.2 Å². The summed E-state index contributed by atoms with van der Waals surface area (Å²) in [6, 6.07) is 9.16. The Balaban J connectivity index is 1.61. The molecule has 0 spiro atoms. The Morgan fingerprint density at radius 3 is 2.63 bits per heavy atom. The van der Waals surface area contributed by atoms with E-state index in [4.69, 9.17) is 0 Å². The molecule has 0 radical (unpaired) electrons. The average molecular weight is 674 g/mol. The Labute approximate surface area is 246 Å². The van der Waals surface area contributed by atoms with Crippen LogP contribution in [0.3, 0.4) is 0 Å². The summed E-state index contributed by atoms with van der Waals surface area (Å²) in [6.45, 7) is 0. The Bertz CT molecular complexity index is 1560. The van der Waals surface area contributed by atoms with Crippen LogP contribution in [-0.2, 0) is 14.4 Å². The maximum atomic E-state index is 14.5. The first-order valence-electron chi connectivity index (χ1n) is 12.6. The van der Waals surface area contributed by atoms with Gasteiger partial charge in [0.25, 0.3) is 11.8 Å². The van der Waals surface area contributed by atoms with E-state index in [1.54, 1.807) is 24.3 Å². The topological polar surface area (TPSA) is 119 Å². The van der Waals surface area contributed by atoms with E-state index in [2.05, 4.69) is 15.3 Å². The molecule has 1 N–H and O–H groups in total. The predicted molar refractivity (Wildman–Crippen MR) is 149 cm³/mol. The van der Waals surface area contributed by atoms with Crippen molar-refractivity contribution >= 4 is 51.8 Å². The van der Waals surface area contributed by atoms with Gasteiger partial charge in [0.15, 0.2) is 0 Å². The number of benzene rings is 1. The number of carbonyl (C=O) groups excluding carboxylic acids is 3. The zero-order valence-electron chi connectivity index (χ0n) is 21.3. The molecule has 0 unspecified atom stereocenters. The second-order valence-corrected chi connectivity index (χ2v) is 11.0. The molecule has 5 rings (SSSR count). The Kier molecular flexibility index (Phi) is 7.94. The first-order chi connectivity index (χ1) is 19.6. The van der Waals surface area contributed by atoms with E-state index in [1.165, 1.54) is 29.4 Å². The lowest BCUT2D eigenvalue weighted by atomic mass is 9.87. The van der Waals surface area contributed by atoms with E-state index in [0.29, 0.717) is 9.13 Å². The number of aromatic nitrogens is 2. The zero-order chi connectivity index (χ0) is 29.3. The number of carbonyl (C=O) groups is 3. The van der Waals surface area contributed by atoms with E-state index in [-0.39, 0.29) is 29.9 Å². The number of nitrogens with one attached hydrogen (secondary N) is 1. The van der Waals surface area contributed by atoms with Crippen LogP contribution in [0, 0.1) is 20.7 Å². The van der Waals surface area contributed by atoms with Gasteiger partial charge >= 0.3 is 0 Å². The minimum absolute atomic E-state index is 0.0129. The van der Waals surface area contributed by atoms with Gasteiger partial charge in [0, 0.05) is 41.1 Å². The molecule has 1 saturated heterocycles. The van der Waals surface area contributed by atoms with Gasteiger partial charge in [-0.25, -0.2) is 18.2 Å². The molecule has 0 bridgehead atoms. The molecule has 13 heteroatoms. The van der Waals surface area contributed by atoms with Gasteiger partial charge in [-0.05, 0) is 52.8 Å². The molecule has 1 aliphatic carbocycles. The monoisotopic (exact) mass is 674 g/mol. The van der Waals surface area contributed by atoms with Crippen LogP contribution in [-0.4, -0.2) is 45.7 Å². The third kappa shape index (κ3) is 5.88. The number of pyridine rings is 2. The smallest absolute Gasteiger partial charge is 0.252 e. The lowest BCUT2D eigenvalue weighted by Crippen LogP contribution is -2.56. The average Bonchev–Trinajstić information content (AvgIpc) is 3.32. The van der Waals surface area contributed by atoms with Gasteiger partial charge in [0.2, 0.25) is 11.8 Å². The Hall–Kier alpha value is -4.06. The second kappa shape index (κ2) is 11.4. The van der Waals surface area contributed by atoms with Crippen molar-refractivity contribution in [2.75, 3.05) is 9.80 Å². The molecular weight excluding hydrogens is 652 g/mol. The summed E-state index contributed by atoms with van der Waals surface area (Å²) < 4.78 is 42.2. The molecule has 1 aliphatic heterocycles. The number of nitriles is 1. The summed E-state index contributed by atoms with van der Waals surface area (Å²) in [4.78, 5) is 51.5. The van der Waals surface area contributed by atoms with Crippen molar-refractivity contribution in [2.45, 2.75) is 49.7 Å². The van der Waals surface area contributed by atoms with Crippen molar-refractivity contribution in [1.82, 2.24) is 15.3 Å². The Morgan fingerprint density at radius 2 is 1.95 bits per heavy atom. The summed E-state index contributed by atoms with van der Waals surface area (Å²) in [6.07, 6.45) is 2.45. The number of amides is 3. The van der Waals surface area contributed by atoms with Gasteiger partial charge in [0.1, 0.15) is 23.7 Å². The summed E-state index contributed by atoms with van der Waals surface area (Å²) in [5.74, 6) is -5.49. The highest BCUT2D eigenvalue weighted by atomic mass is 127. The summed E-state index contributed by atoms with van der Waals surface area (Å²) in [7, 11) is 0. The van der Waals surface area contributed by atoms with Crippen LogP contribution in [0.15, 0.2) is 61.1 Å². The van der Waals surface area contributed by atoms with E-state index in [1.807, 2.05) is 28.7 Å². The number of hydrogen-bond acceptors (Lipinski definition) is 6. The van der Waals surface area contributed by atoms with Crippen molar-refractivity contribution in [2.24, 2.45) is 0 Å². The molecule has 2 aliphatic rings. The fraction of sp³-hybridized carbons (Fsp3) is 0.286. The van der Waals surface area contributed by atoms with E-state index in [9.17, 15) is 32.8 Å². The van der Waals surface area contributed by atoms with Crippen LogP contribution in [0.5, 0.6) is 0 Å². The molecule has 1 aromatic carbocycles. The van der Waals surface area contributed by atoms with Crippen molar-refractivity contribution in [3.63, 3.8) is 0 Å². The van der Waals surface area contributed by atoms with Crippen molar-refractivity contribution < 1.29 is 27.6 Å². The van der Waals surface area contributed by atoms with Gasteiger partial charge in [-0.15, -0.1) is 0 Å². The molecule has 210 valence electrons. The molecule has 3 aromatic rings. The molecule has 2 atom stereocenters. The third-order valence-electron chi connectivity index (χ3n) is 6.97. The SMILES string of the molecule is N#Cc1ccnc(N2C(=O)CC[C@H]2C(=O)N(c2cncc(F)c2)[C@H](C(=O)NC2CC(F)(F)C2)c2ccccc2I)c1. The van der Waals surface area contributed by atoms with Crippen molar-refractivity contribution in [3.8, 4) is 6.07 Å². The quantitative estimate of drug-likeness (QED) is 0.374.